The lowest BCUT2D eigenvalue weighted by atomic mass is 9.43. The third-order valence-electron chi connectivity index (χ3n) is 12.9. The van der Waals surface area contributed by atoms with Crippen LogP contribution in [0.25, 0.3) is 0 Å². The highest BCUT2D eigenvalue weighted by Gasteiger charge is 2.74. The van der Waals surface area contributed by atoms with E-state index in [2.05, 4.69) is 10.6 Å². The summed E-state index contributed by atoms with van der Waals surface area (Å²) in [5, 5.41) is 30.8. The summed E-state index contributed by atoms with van der Waals surface area (Å²) < 4.78 is 24.7. The molecule has 4 aliphatic carbocycles. The number of ether oxygens (including phenoxy) is 4. The number of nitrogens with one attached hydrogen (secondary N) is 2. The van der Waals surface area contributed by atoms with Gasteiger partial charge in [-0.1, -0.05) is 74.5 Å². The molecule has 2 amide bonds. The highest BCUT2D eigenvalue weighted by Crippen LogP contribution is 2.65. The number of Topliss-reactive ketones (excluding diaryl/α,β-unsaturated/α-hetero) is 1. The fourth-order valence-corrected chi connectivity index (χ4v) is 9.92. The number of aliphatic hydroxyl groups is 2. The van der Waals surface area contributed by atoms with Crippen LogP contribution in [-0.4, -0.2) is 87.1 Å². The van der Waals surface area contributed by atoms with E-state index in [9.17, 15) is 34.2 Å². The van der Waals surface area contributed by atoms with Crippen LogP contribution in [-0.2, 0) is 38.1 Å². The Kier molecular flexibility index (Phi) is 11.7. The average molecular weight is 829 g/mol. The van der Waals surface area contributed by atoms with Gasteiger partial charge in [-0.2, -0.15) is 0 Å². The number of aliphatic hydroxyl groups excluding tert-OH is 1. The SMILES string of the molecule is CC(=O)O[C@H]1C(=O)[C@]2(C)C=C[C@H]3CC[C@@]3(OC(C)=O)[C@H]2[C@H](OC(=O)c2ccccc2)[C@]2(O)C[C@H](OC(=O)[C@H](O)[C@@H](NC(=O)NC(C)(C)C)c3ccccc3)C(C)=C1C2(C)C. The van der Waals surface area contributed by atoms with Crippen molar-refractivity contribution in [3.05, 3.63) is 95.1 Å². The highest BCUT2D eigenvalue weighted by molar-refractivity contribution is 5.96. The molecule has 60 heavy (non-hydrogen) atoms. The van der Waals surface area contributed by atoms with Gasteiger partial charge in [0.15, 0.2) is 18.0 Å². The third-order valence-corrected chi connectivity index (χ3v) is 12.9. The van der Waals surface area contributed by atoms with Crippen LogP contribution in [0.4, 0.5) is 4.79 Å². The molecular weight excluding hydrogens is 773 g/mol. The molecule has 2 fully saturated rings. The number of benzene rings is 2. The van der Waals surface area contributed by atoms with Crippen molar-refractivity contribution < 1.29 is 57.9 Å². The lowest BCUT2D eigenvalue weighted by Crippen LogP contribution is -2.75. The number of rotatable bonds is 9. The van der Waals surface area contributed by atoms with Gasteiger partial charge >= 0.3 is 29.9 Å². The number of esters is 4. The maximum absolute atomic E-state index is 15.4. The minimum atomic E-state index is -2.24. The van der Waals surface area contributed by atoms with E-state index in [1.165, 1.54) is 19.1 Å². The zero-order chi connectivity index (χ0) is 44.2. The lowest BCUT2D eigenvalue weighted by Gasteiger charge is -2.65. The number of amides is 2. The van der Waals surface area contributed by atoms with E-state index in [0.29, 0.717) is 12.0 Å². The Morgan fingerprint density at radius 1 is 0.883 bits per heavy atom. The molecule has 0 unspecified atom stereocenters. The van der Waals surface area contributed by atoms with Gasteiger partial charge in [0.05, 0.1) is 22.9 Å². The predicted octanol–water partition coefficient (Wildman–Crippen LogP) is 5.22. The Morgan fingerprint density at radius 2 is 1.50 bits per heavy atom. The summed E-state index contributed by atoms with van der Waals surface area (Å²) in [5.41, 5.74) is -6.67. The van der Waals surface area contributed by atoms with Crippen LogP contribution in [0.5, 0.6) is 0 Å². The number of hydrogen-bond acceptors (Lipinski definition) is 12. The van der Waals surface area contributed by atoms with Crippen LogP contribution in [0, 0.1) is 22.7 Å². The second-order valence-electron chi connectivity index (χ2n) is 18.3. The molecule has 14 nitrogen and oxygen atoms in total. The van der Waals surface area contributed by atoms with Crippen LogP contribution >= 0.6 is 0 Å². The van der Waals surface area contributed by atoms with E-state index in [0.717, 1.165) is 6.92 Å². The standard InChI is InChI=1S/C46H56N2O12/c1-25-31(58-40(54)34(51)33(28-16-12-10-13-17-28)47-41(55)48-42(4,5)6)24-46(56)38(59-39(53)29-18-14-11-15-19-29)36-44(9,22-20-30-21-23-45(30,36)60-27(3)50)37(52)35(57-26(2)49)32(25)43(46,7)8/h10-20,22,30-31,33-36,38,51,56H,21,23-24H2,1-9H3,(H2,47,48,55)/t30-,31-,33-,34+,35+,36-,38-,44+,45-,46+/m0/s1. The smallest absolute Gasteiger partial charge is 0.338 e. The van der Waals surface area contributed by atoms with Crippen LogP contribution < -0.4 is 10.6 Å². The quantitative estimate of drug-likeness (QED) is 0.146. The first-order valence-electron chi connectivity index (χ1n) is 20.3. The minimum Gasteiger partial charge on any atom is -0.458 e. The molecule has 322 valence electrons. The molecule has 0 saturated heterocycles. The summed E-state index contributed by atoms with van der Waals surface area (Å²) in [6, 6.07) is 14.5. The molecule has 6 rings (SSSR count). The molecule has 0 radical (unpaired) electrons. The number of ketones is 1. The summed E-state index contributed by atoms with van der Waals surface area (Å²) in [7, 11) is 0. The fraction of sp³-hybridized carbons (Fsp3) is 0.522. The van der Waals surface area contributed by atoms with Crippen LogP contribution in [0.1, 0.15) is 104 Å². The van der Waals surface area contributed by atoms with E-state index in [1.54, 1.807) is 109 Å². The number of carbonyl (C=O) groups excluding carboxylic acids is 6. The summed E-state index contributed by atoms with van der Waals surface area (Å²) in [6.45, 7) is 14.1. The molecule has 0 spiro atoms. The van der Waals surface area contributed by atoms with Crippen molar-refractivity contribution >= 4 is 35.7 Å². The molecule has 2 bridgehead atoms. The number of fused-ring (bicyclic) bond motifs is 5. The topological polar surface area (TPSA) is 204 Å². The summed E-state index contributed by atoms with van der Waals surface area (Å²) in [5.74, 6) is -5.77. The molecule has 0 aromatic heterocycles. The van der Waals surface area contributed by atoms with Gasteiger partial charge in [-0.05, 0) is 76.3 Å². The number of carbonyl (C=O) groups is 6. The first-order chi connectivity index (χ1) is 28.0. The van der Waals surface area contributed by atoms with Crippen molar-refractivity contribution in [2.75, 3.05) is 0 Å². The van der Waals surface area contributed by atoms with Gasteiger partial charge in [0.25, 0.3) is 0 Å². The number of urea groups is 1. The molecule has 2 saturated carbocycles. The summed E-state index contributed by atoms with van der Waals surface area (Å²) in [4.78, 5) is 82.9. The van der Waals surface area contributed by atoms with E-state index < -0.39 is 112 Å². The normalized spacial score (nSPS) is 31.3. The molecule has 14 heteroatoms. The summed E-state index contributed by atoms with van der Waals surface area (Å²) in [6.07, 6.45) is -2.82. The maximum Gasteiger partial charge on any atom is 0.338 e. The van der Waals surface area contributed by atoms with Crippen molar-refractivity contribution in [2.24, 2.45) is 22.7 Å². The Bertz CT molecular complexity index is 2110. The van der Waals surface area contributed by atoms with Gasteiger partial charge < -0.3 is 39.8 Å². The van der Waals surface area contributed by atoms with Gasteiger partial charge in [0.1, 0.15) is 23.4 Å². The maximum atomic E-state index is 15.4. The van der Waals surface area contributed by atoms with Gasteiger partial charge in [0, 0.05) is 37.1 Å². The second-order valence-corrected chi connectivity index (χ2v) is 18.3. The predicted molar refractivity (Wildman–Crippen MR) is 217 cm³/mol. The summed E-state index contributed by atoms with van der Waals surface area (Å²) >= 11 is 0. The van der Waals surface area contributed by atoms with Crippen LogP contribution in [0.15, 0.2) is 84.0 Å². The minimum absolute atomic E-state index is 0.108. The van der Waals surface area contributed by atoms with E-state index >= 15 is 4.79 Å². The van der Waals surface area contributed by atoms with Crippen LogP contribution in [0.2, 0.25) is 0 Å². The largest absolute Gasteiger partial charge is 0.458 e. The molecular formula is C46H56N2O12. The van der Waals surface area contributed by atoms with Gasteiger partial charge in [-0.15, -0.1) is 0 Å². The monoisotopic (exact) mass is 828 g/mol. The molecule has 2 aromatic carbocycles. The average Bonchev–Trinajstić information content (AvgIpc) is 3.15. The van der Waals surface area contributed by atoms with Gasteiger partial charge in [-0.25, -0.2) is 14.4 Å². The zero-order valence-corrected chi connectivity index (χ0v) is 35.6. The van der Waals surface area contributed by atoms with Crippen molar-refractivity contribution in [3.8, 4) is 0 Å². The Morgan fingerprint density at radius 3 is 2.05 bits per heavy atom. The molecule has 10 atom stereocenters. The molecule has 0 heterocycles. The Labute approximate surface area is 350 Å². The van der Waals surface area contributed by atoms with E-state index in [-0.39, 0.29) is 23.1 Å². The first kappa shape index (κ1) is 44.2. The molecule has 4 N–H and O–H groups in total. The fourth-order valence-electron chi connectivity index (χ4n) is 9.92. The van der Waals surface area contributed by atoms with E-state index in [1.807, 2.05) is 0 Å². The van der Waals surface area contributed by atoms with E-state index in [4.69, 9.17) is 18.9 Å². The molecule has 2 aromatic rings. The first-order valence-corrected chi connectivity index (χ1v) is 20.3. The van der Waals surface area contributed by atoms with Crippen LogP contribution in [0.3, 0.4) is 0 Å². The number of allylic oxidation sites excluding steroid dienone is 1. The zero-order valence-electron chi connectivity index (χ0n) is 35.6. The van der Waals surface area contributed by atoms with Gasteiger partial charge in [-0.3, -0.25) is 14.4 Å². The van der Waals surface area contributed by atoms with Crippen molar-refractivity contribution in [1.82, 2.24) is 10.6 Å². The molecule has 4 aliphatic rings. The molecule has 0 aliphatic heterocycles. The lowest BCUT2D eigenvalue weighted by molar-refractivity contribution is -0.261. The Balaban J connectivity index is 1.52. The number of hydrogen-bond donors (Lipinski definition) is 4. The Hall–Kier alpha value is -5.34. The van der Waals surface area contributed by atoms with Crippen molar-refractivity contribution in [3.63, 3.8) is 0 Å². The highest BCUT2D eigenvalue weighted by atomic mass is 16.6. The van der Waals surface area contributed by atoms with Crippen molar-refractivity contribution in [1.29, 1.82) is 0 Å². The second kappa shape index (κ2) is 15.9. The van der Waals surface area contributed by atoms with Crippen molar-refractivity contribution in [2.45, 2.75) is 129 Å². The third kappa shape index (κ3) is 7.75. The van der Waals surface area contributed by atoms with Gasteiger partial charge in [0.2, 0.25) is 0 Å².